The van der Waals surface area contributed by atoms with Gasteiger partial charge in [0.05, 0.1) is 20.3 Å². The van der Waals surface area contributed by atoms with Crippen LogP contribution in [0.25, 0.3) is 0 Å². The molecule has 4 heteroatoms. The topological polar surface area (TPSA) is 41.9 Å². The first-order chi connectivity index (χ1) is 9.65. The lowest BCUT2D eigenvalue weighted by atomic mass is 9.84. The van der Waals surface area contributed by atoms with Crippen LogP contribution in [-0.4, -0.2) is 49.5 Å². The summed E-state index contributed by atoms with van der Waals surface area (Å²) in [5.41, 5.74) is 2.26. The van der Waals surface area contributed by atoms with Gasteiger partial charge in [-0.05, 0) is 31.6 Å². The normalized spacial score (nSPS) is 21.7. The highest BCUT2D eigenvalue weighted by Crippen LogP contribution is 2.37. The van der Waals surface area contributed by atoms with Crippen LogP contribution in [0.3, 0.4) is 0 Å². The Labute approximate surface area is 121 Å². The number of methoxy groups -OCH3 is 2. The fraction of sp³-hybridized carbons (Fsp3) is 0.625. The van der Waals surface area contributed by atoms with E-state index in [-0.39, 0.29) is 12.1 Å². The molecule has 1 aromatic rings. The van der Waals surface area contributed by atoms with Crippen molar-refractivity contribution in [2.45, 2.75) is 38.8 Å². The van der Waals surface area contributed by atoms with E-state index in [9.17, 15) is 5.11 Å². The monoisotopic (exact) mass is 279 g/mol. The minimum Gasteiger partial charge on any atom is -0.496 e. The van der Waals surface area contributed by atoms with Crippen LogP contribution in [0.15, 0.2) is 12.1 Å². The third-order valence-corrected chi connectivity index (χ3v) is 4.34. The first-order valence-corrected chi connectivity index (χ1v) is 7.31. The second-order valence-electron chi connectivity index (χ2n) is 5.19. The van der Waals surface area contributed by atoms with Crippen molar-refractivity contribution in [1.29, 1.82) is 0 Å². The molecular formula is C16H25NO3. The van der Waals surface area contributed by atoms with Crippen molar-refractivity contribution in [3.05, 3.63) is 23.3 Å². The first kappa shape index (κ1) is 15.1. The van der Waals surface area contributed by atoms with Gasteiger partial charge in [-0.15, -0.1) is 0 Å². The van der Waals surface area contributed by atoms with Crippen LogP contribution >= 0.6 is 0 Å². The van der Waals surface area contributed by atoms with E-state index in [0.29, 0.717) is 6.42 Å². The van der Waals surface area contributed by atoms with Gasteiger partial charge in [0.1, 0.15) is 11.5 Å². The Bertz CT molecular complexity index is 457. The third-order valence-electron chi connectivity index (χ3n) is 4.34. The number of benzene rings is 1. The minimum atomic E-state index is -0.358. The predicted molar refractivity (Wildman–Crippen MR) is 79.7 cm³/mol. The summed E-state index contributed by atoms with van der Waals surface area (Å²) in [5.74, 6) is 1.74. The molecule has 0 amide bonds. The number of hydrogen-bond acceptors (Lipinski definition) is 4. The van der Waals surface area contributed by atoms with Gasteiger partial charge in [-0.2, -0.15) is 0 Å². The van der Waals surface area contributed by atoms with Gasteiger partial charge < -0.3 is 14.6 Å². The van der Waals surface area contributed by atoms with Crippen molar-refractivity contribution < 1.29 is 14.6 Å². The lowest BCUT2D eigenvalue weighted by molar-refractivity contribution is 0.0469. The molecule has 1 N–H and O–H groups in total. The van der Waals surface area contributed by atoms with Gasteiger partial charge in [-0.1, -0.05) is 13.8 Å². The molecule has 0 spiro atoms. The molecule has 0 fully saturated rings. The lowest BCUT2D eigenvalue weighted by Gasteiger charge is -2.38. The molecule has 112 valence electrons. The summed E-state index contributed by atoms with van der Waals surface area (Å²) in [6, 6.07) is 4.02. The number of aliphatic hydroxyl groups is 1. The molecule has 0 saturated carbocycles. The number of likely N-dealkylation sites (N-methyl/N-ethyl adjacent to an activating group) is 1. The molecule has 0 heterocycles. The number of nitrogens with zero attached hydrogens (tertiary/aromatic N) is 1. The van der Waals surface area contributed by atoms with Gasteiger partial charge in [0.25, 0.3) is 0 Å². The molecular weight excluding hydrogens is 254 g/mol. The highest BCUT2D eigenvalue weighted by atomic mass is 16.5. The van der Waals surface area contributed by atoms with E-state index in [1.54, 1.807) is 14.2 Å². The maximum Gasteiger partial charge on any atom is 0.122 e. The van der Waals surface area contributed by atoms with Crippen LogP contribution < -0.4 is 9.47 Å². The summed E-state index contributed by atoms with van der Waals surface area (Å²) < 4.78 is 10.9. The Morgan fingerprint density at radius 1 is 1.05 bits per heavy atom. The fourth-order valence-electron chi connectivity index (χ4n) is 3.24. The molecule has 4 nitrogen and oxygen atoms in total. The second kappa shape index (κ2) is 6.46. The van der Waals surface area contributed by atoms with Crippen LogP contribution in [0.2, 0.25) is 0 Å². The number of aliphatic hydroxyl groups excluding tert-OH is 1. The van der Waals surface area contributed by atoms with Crippen LogP contribution in [-0.2, 0) is 12.8 Å². The molecule has 2 unspecified atom stereocenters. The van der Waals surface area contributed by atoms with Crippen LogP contribution in [0.5, 0.6) is 11.5 Å². The van der Waals surface area contributed by atoms with Crippen molar-refractivity contribution in [2.24, 2.45) is 0 Å². The molecule has 0 aromatic heterocycles. The average Bonchev–Trinajstić information content (AvgIpc) is 2.47. The van der Waals surface area contributed by atoms with E-state index < -0.39 is 0 Å². The largest absolute Gasteiger partial charge is 0.496 e. The molecule has 0 aliphatic heterocycles. The first-order valence-electron chi connectivity index (χ1n) is 7.31. The molecule has 1 aromatic carbocycles. The summed E-state index contributed by atoms with van der Waals surface area (Å²) in [6.07, 6.45) is 1.07. The van der Waals surface area contributed by atoms with Gasteiger partial charge >= 0.3 is 0 Å². The molecule has 2 rings (SSSR count). The number of hydrogen-bond donors (Lipinski definition) is 1. The molecule has 0 radical (unpaired) electrons. The average molecular weight is 279 g/mol. The standard InChI is InChI=1S/C16H25NO3/c1-5-17(6-2)13-9-11-12(10-14(13)18)16(20-4)8-7-15(11)19-3/h7-8,13-14,18H,5-6,9-10H2,1-4H3. The molecule has 0 saturated heterocycles. The van der Waals surface area contributed by atoms with Crippen molar-refractivity contribution >= 4 is 0 Å². The molecule has 0 bridgehead atoms. The number of fused-ring (bicyclic) bond motifs is 1. The lowest BCUT2D eigenvalue weighted by Crippen LogP contribution is -2.48. The fourth-order valence-corrected chi connectivity index (χ4v) is 3.24. The zero-order valence-corrected chi connectivity index (χ0v) is 12.8. The summed E-state index contributed by atoms with van der Waals surface area (Å²) in [5, 5.41) is 10.5. The van der Waals surface area contributed by atoms with Gasteiger partial charge in [0.15, 0.2) is 0 Å². The summed E-state index contributed by atoms with van der Waals surface area (Å²) >= 11 is 0. The van der Waals surface area contributed by atoms with E-state index in [4.69, 9.17) is 9.47 Å². The zero-order chi connectivity index (χ0) is 14.7. The Kier molecular flexibility index (Phi) is 4.89. The minimum absolute atomic E-state index is 0.151. The molecule has 1 aliphatic carbocycles. The molecule has 2 atom stereocenters. The van der Waals surface area contributed by atoms with Gasteiger partial charge in [-0.25, -0.2) is 0 Å². The summed E-state index contributed by atoms with van der Waals surface area (Å²) in [7, 11) is 3.37. The number of ether oxygens (including phenoxy) is 2. The van der Waals surface area contributed by atoms with Crippen LogP contribution in [0.4, 0.5) is 0 Å². The highest BCUT2D eigenvalue weighted by Gasteiger charge is 2.33. The Morgan fingerprint density at radius 2 is 1.55 bits per heavy atom. The molecule has 1 aliphatic rings. The van der Waals surface area contributed by atoms with Gasteiger partial charge in [0, 0.05) is 23.6 Å². The second-order valence-corrected chi connectivity index (χ2v) is 5.19. The van der Waals surface area contributed by atoms with Crippen LogP contribution in [0, 0.1) is 0 Å². The quantitative estimate of drug-likeness (QED) is 0.893. The maximum absolute atomic E-state index is 10.5. The third kappa shape index (κ3) is 2.63. The zero-order valence-electron chi connectivity index (χ0n) is 12.8. The van der Waals surface area contributed by atoms with Crippen molar-refractivity contribution in [3.8, 4) is 11.5 Å². The van der Waals surface area contributed by atoms with Crippen molar-refractivity contribution in [1.82, 2.24) is 4.90 Å². The predicted octanol–water partition coefficient (Wildman–Crippen LogP) is 1.87. The van der Waals surface area contributed by atoms with E-state index >= 15 is 0 Å². The van der Waals surface area contributed by atoms with E-state index in [0.717, 1.165) is 36.6 Å². The summed E-state index contributed by atoms with van der Waals surface area (Å²) in [6.45, 7) is 6.16. The van der Waals surface area contributed by atoms with Crippen LogP contribution in [0.1, 0.15) is 25.0 Å². The van der Waals surface area contributed by atoms with E-state index in [1.165, 1.54) is 5.56 Å². The highest BCUT2D eigenvalue weighted by molar-refractivity contribution is 5.51. The molecule has 20 heavy (non-hydrogen) atoms. The van der Waals surface area contributed by atoms with Gasteiger partial charge in [-0.3, -0.25) is 4.90 Å². The van der Waals surface area contributed by atoms with Gasteiger partial charge in [0.2, 0.25) is 0 Å². The van der Waals surface area contributed by atoms with Crippen molar-refractivity contribution in [2.75, 3.05) is 27.3 Å². The number of rotatable bonds is 5. The summed E-state index contributed by atoms with van der Waals surface area (Å²) in [4.78, 5) is 2.31. The SMILES string of the molecule is CCN(CC)C1Cc2c(OC)ccc(OC)c2CC1O. The Balaban J connectivity index is 2.40. The van der Waals surface area contributed by atoms with E-state index in [2.05, 4.69) is 18.7 Å². The smallest absolute Gasteiger partial charge is 0.122 e. The van der Waals surface area contributed by atoms with E-state index in [1.807, 2.05) is 12.1 Å². The van der Waals surface area contributed by atoms with Crippen molar-refractivity contribution in [3.63, 3.8) is 0 Å². The Hall–Kier alpha value is -1.26. The Morgan fingerprint density at radius 3 is 2.00 bits per heavy atom. The maximum atomic E-state index is 10.5.